The van der Waals surface area contributed by atoms with E-state index < -0.39 is 0 Å². The fourth-order valence-electron chi connectivity index (χ4n) is 1.91. The van der Waals surface area contributed by atoms with E-state index in [4.69, 9.17) is 0 Å². The van der Waals surface area contributed by atoms with E-state index in [2.05, 4.69) is 0 Å². The molecule has 2 amide bonds. The molecule has 0 aromatic heterocycles. The standard InChI is InChI=1S/C15H11NO2S2/c1-10-6-8-11(9-7-10)19-20-16-14(17)12-4-2-3-5-13(12)15(16)18/h2-9H,1H3. The van der Waals surface area contributed by atoms with Crippen LogP contribution in [0.5, 0.6) is 0 Å². The molecule has 1 heterocycles. The van der Waals surface area contributed by atoms with Crippen LogP contribution in [0, 0.1) is 6.92 Å². The van der Waals surface area contributed by atoms with E-state index in [9.17, 15) is 9.59 Å². The Morgan fingerprint density at radius 3 is 1.95 bits per heavy atom. The van der Waals surface area contributed by atoms with Crippen molar-refractivity contribution in [3.05, 3.63) is 65.2 Å². The third kappa shape index (κ3) is 2.34. The maximum absolute atomic E-state index is 12.2. The van der Waals surface area contributed by atoms with Gasteiger partial charge in [0.2, 0.25) is 0 Å². The molecular weight excluding hydrogens is 290 g/mol. The van der Waals surface area contributed by atoms with Crippen molar-refractivity contribution in [3.8, 4) is 0 Å². The van der Waals surface area contributed by atoms with Crippen LogP contribution in [-0.2, 0) is 0 Å². The molecule has 1 aliphatic rings. The summed E-state index contributed by atoms with van der Waals surface area (Å²) in [5.74, 6) is -0.481. The molecule has 0 bridgehead atoms. The molecule has 0 atom stereocenters. The Balaban J connectivity index is 1.75. The summed E-state index contributed by atoms with van der Waals surface area (Å²) in [6.07, 6.45) is 0. The molecule has 2 aromatic carbocycles. The van der Waals surface area contributed by atoms with Crippen molar-refractivity contribution in [2.24, 2.45) is 0 Å². The molecule has 0 N–H and O–H groups in total. The average molecular weight is 301 g/mol. The van der Waals surface area contributed by atoms with E-state index in [-0.39, 0.29) is 11.8 Å². The number of fused-ring (bicyclic) bond motifs is 1. The van der Waals surface area contributed by atoms with Crippen molar-refractivity contribution in [2.75, 3.05) is 0 Å². The van der Waals surface area contributed by atoms with Crippen LogP contribution in [0.4, 0.5) is 0 Å². The topological polar surface area (TPSA) is 37.4 Å². The molecule has 0 unspecified atom stereocenters. The van der Waals surface area contributed by atoms with Crippen LogP contribution in [0.25, 0.3) is 0 Å². The Morgan fingerprint density at radius 2 is 1.40 bits per heavy atom. The summed E-state index contributed by atoms with van der Waals surface area (Å²) in [5.41, 5.74) is 2.14. The van der Waals surface area contributed by atoms with Gasteiger partial charge in [0, 0.05) is 15.9 Å². The Hall–Kier alpha value is -1.72. The number of hydrogen-bond donors (Lipinski definition) is 0. The van der Waals surface area contributed by atoms with Gasteiger partial charge < -0.3 is 0 Å². The monoisotopic (exact) mass is 301 g/mol. The van der Waals surface area contributed by atoms with Crippen LogP contribution in [0.15, 0.2) is 53.4 Å². The average Bonchev–Trinajstić information content (AvgIpc) is 2.71. The normalized spacial score (nSPS) is 13.8. The zero-order valence-corrected chi connectivity index (χ0v) is 12.3. The van der Waals surface area contributed by atoms with Gasteiger partial charge >= 0.3 is 0 Å². The van der Waals surface area contributed by atoms with Gasteiger partial charge in [-0.15, -0.1) is 0 Å². The molecule has 0 spiro atoms. The number of rotatable bonds is 3. The summed E-state index contributed by atoms with van der Waals surface area (Å²) >= 11 is 0. The smallest absolute Gasteiger partial charge is 0.268 e. The fraction of sp³-hybridized carbons (Fsp3) is 0.0667. The van der Waals surface area contributed by atoms with E-state index >= 15 is 0 Å². The van der Waals surface area contributed by atoms with Gasteiger partial charge in [-0.25, -0.2) is 4.31 Å². The Bertz CT molecular complexity index is 648. The highest BCUT2D eigenvalue weighted by molar-refractivity contribution is 8.76. The Morgan fingerprint density at radius 1 is 0.850 bits per heavy atom. The number of hydrogen-bond acceptors (Lipinski definition) is 4. The summed E-state index contributed by atoms with van der Waals surface area (Å²) in [6, 6.07) is 14.9. The molecule has 0 radical (unpaired) electrons. The minimum Gasteiger partial charge on any atom is -0.268 e. The predicted molar refractivity (Wildman–Crippen MR) is 81.6 cm³/mol. The first-order chi connectivity index (χ1) is 9.66. The SMILES string of the molecule is Cc1ccc(SSN2C(=O)c3ccccc3C2=O)cc1. The van der Waals surface area contributed by atoms with Crippen LogP contribution in [-0.4, -0.2) is 16.1 Å². The lowest BCUT2D eigenvalue weighted by Gasteiger charge is -2.10. The highest BCUT2D eigenvalue weighted by Crippen LogP contribution is 2.38. The summed E-state index contributed by atoms with van der Waals surface area (Å²) in [7, 11) is 2.57. The molecule has 3 rings (SSSR count). The van der Waals surface area contributed by atoms with Crippen molar-refractivity contribution in [2.45, 2.75) is 11.8 Å². The third-order valence-electron chi connectivity index (χ3n) is 2.99. The molecule has 0 saturated carbocycles. The summed E-state index contributed by atoms with van der Waals surface area (Å²) in [4.78, 5) is 25.3. The molecular formula is C15H11NO2S2. The van der Waals surface area contributed by atoms with Gasteiger partial charge in [-0.2, -0.15) is 0 Å². The number of carbonyl (C=O) groups excluding carboxylic acids is 2. The van der Waals surface area contributed by atoms with Gasteiger partial charge in [-0.1, -0.05) is 29.8 Å². The van der Waals surface area contributed by atoms with Crippen LogP contribution in [0.1, 0.15) is 26.3 Å². The second-order valence-electron chi connectivity index (χ2n) is 4.42. The zero-order valence-electron chi connectivity index (χ0n) is 10.7. The van der Waals surface area contributed by atoms with Crippen molar-refractivity contribution >= 4 is 33.6 Å². The van der Waals surface area contributed by atoms with E-state index in [1.807, 2.05) is 31.2 Å². The molecule has 5 heteroatoms. The van der Waals surface area contributed by atoms with Gasteiger partial charge in [0.05, 0.1) is 11.1 Å². The number of aryl methyl sites for hydroxylation is 1. The van der Waals surface area contributed by atoms with Crippen molar-refractivity contribution in [3.63, 3.8) is 0 Å². The summed E-state index contributed by atoms with van der Waals surface area (Å²) in [6.45, 7) is 2.02. The van der Waals surface area contributed by atoms with Crippen molar-refractivity contribution < 1.29 is 9.59 Å². The van der Waals surface area contributed by atoms with Gasteiger partial charge in [-0.05, 0) is 42.0 Å². The van der Waals surface area contributed by atoms with E-state index in [1.165, 1.54) is 31.6 Å². The van der Waals surface area contributed by atoms with Crippen LogP contribution in [0.3, 0.4) is 0 Å². The fourth-order valence-corrected chi connectivity index (χ4v) is 3.87. The predicted octanol–water partition coefficient (Wildman–Crippen LogP) is 3.95. The minimum absolute atomic E-state index is 0.241. The van der Waals surface area contributed by atoms with Gasteiger partial charge in [0.25, 0.3) is 11.8 Å². The lowest BCUT2D eigenvalue weighted by Crippen LogP contribution is -2.20. The van der Waals surface area contributed by atoms with Crippen LogP contribution in [0.2, 0.25) is 0 Å². The molecule has 3 nitrogen and oxygen atoms in total. The molecule has 1 aliphatic heterocycles. The molecule has 100 valence electrons. The first-order valence-corrected chi connectivity index (χ1v) is 8.16. The van der Waals surface area contributed by atoms with Gasteiger partial charge in [-0.3, -0.25) is 9.59 Å². The molecule has 0 fully saturated rings. The van der Waals surface area contributed by atoms with E-state index in [0.29, 0.717) is 11.1 Å². The van der Waals surface area contributed by atoms with Crippen molar-refractivity contribution in [1.29, 1.82) is 0 Å². The van der Waals surface area contributed by atoms with E-state index in [0.717, 1.165) is 4.90 Å². The zero-order chi connectivity index (χ0) is 14.1. The van der Waals surface area contributed by atoms with Crippen molar-refractivity contribution in [1.82, 2.24) is 4.31 Å². The summed E-state index contributed by atoms with van der Waals surface area (Å²) < 4.78 is 1.22. The van der Waals surface area contributed by atoms with E-state index in [1.54, 1.807) is 24.3 Å². The first kappa shape index (κ1) is 13.3. The molecule has 20 heavy (non-hydrogen) atoms. The highest BCUT2D eigenvalue weighted by Gasteiger charge is 2.36. The molecule has 0 aliphatic carbocycles. The minimum atomic E-state index is -0.241. The Labute approximate surface area is 124 Å². The number of carbonyl (C=O) groups is 2. The lowest BCUT2D eigenvalue weighted by atomic mass is 10.1. The van der Waals surface area contributed by atoms with Crippen LogP contribution < -0.4 is 0 Å². The first-order valence-electron chi connectivity index (χ1n) is 6.06. The number of amides is 2. The second kappa shape index (κ2) is 5.34. The summed E-state index contributed by atoms with van der Waals surface area (Å²) in [5, 5.41) is 0. The number of imide groups is 1. The maximum Gasteiger partial charge on any atom is 0.272 e. The van der Waals surface area contributed by atoms with Crippen LogP contribution >= 0.6 is 21.8 Å². The second-order valence-corrected chi connectivity index (χ2v) is 6.52. The Kier molecular flexibility index (Phi) is 3.54. The third-order valence-corrected chi connectivity index (χ3v) is 5.25. The quantitative estimate of drug-likeness (QED) is 0.489. The molecule has 0 saturated heterocycles. The highest BCUT2D eigenvalue weighted by atomic mass is 33.1. The number of benzene rings is 2. The molecule has 2 aromatic rings. The largest absolute Gasteiger partial charge is 0.272 e. The number of nitrogens with zero attached hydrogens (tertiary/aromatic N) is 1. The maximum atomic E-state index is 12.2. The lowest BCUT2D eigenvalue weighted by molar-refractivity contribution is 0.0779. The van der Waals surface area contributed by atoms with Gasteiger partial charge in [0.1, 0.15) is 0 Å². The van der Waals surface area contributed by atoms with Gasteiger partial charge in [0.15, 0.2) is 0 Å².